The smallest absolute Gasteiger partial charge is 0.295 e. The molecule has 0 fully saturated rings. The molecule has 7 aromatic rings. The zero-order valence-corrected chi connectivity index (χ0v) is 33.7. The first-order chi connectivity index (χ1) is 29.0. The molecule has 0 amide bonds. The summed E-state index contributed by atoms with van der Waals surface area (Å²) in [5.74, 6) is -0.0504. The third-order valence-electron chi connectivity index (χ3n) is 10.2. The highest BCUT2D eigenvalue weighted by atomic mass is 32.2. The molecule has 2 aliphatic heterocycles. The van der Waals surface area contributed by atoms with Crippen LogP contribution in [0.25, 0.3) is 90.9 Å². The van der Waals surface area contributed by atoms with Crippen LogP contribution >= 0.6 is 0 Å². The lowest BCUT2D eigenvalue weighted by atomic mass is 9.98. The molecular formula is C44H30N4O10S3. The van der Waals surface area contributed by atoms with E-state index in [1.54, 1.807) is 54.6 Å². The summed E-state index contributed by atoms with van der Waals surface area (Å²) < 4.78 is 103. The Hall–Kier alpha value is -6.99. The second-order valence-corrected chi connectivity index (χ2v) is 18.3. The largest absolute Gasteiger partial charge is 0.508 e. The van der Waals surface area contributed by atoms with Crippen molar-refractivity contribution in [3.63, 3.8) is 0 Å². The van der Waals surface area contributed by atoms with Gasteiger partial charge in [-0.1, -0.05) is 42.5 Å². The number of nitrogens with one attached hydrogen (secondary N) is 2. The number of aromatic nitrogens is 4. The van der Waals surface area contributed by atoms with Crippen molar-refractivity contribution in [2.45, 2.75) is 14.7 Å². The van der Waals surface area contributed by atoms with Crippen molar-refractivity contribution < 1.29 is 44.0 Å². The minimum absolute atomic E-state index is 0.0504. The number of aromatic amines is 2. The molecule has 0 atom stereocenters. The number of benzene rings is 4. The van der Waals surface area contributed by atoms with Gasteiger partial charge in [-0.25, -0.2) is 9.97 Å². The summed E-state index contributed by atoms with van der Waals surface area (Å²) in [7, 11) is -13.7. The second kappa shape index (κ2) is 14.6. The first kappa shape index (κ1) is 39.5. The SMILES string of the molecule is O=S(=O)(O)c1ccc(-c2c3nc(c(-c4ccc(S(=O)(=O)O)c(-c5ccc(O)cc5)c4)c4ccc([nH]4)c(-c4ccc(S(=O)(=O)O)cc4)c4nc(cc5ccc2[nH]5)C=C4)C=C3)cc1. The van der Waals surface area contributed by atoms with Gasteiger partial charge in [0.05, 0.1) is 32.6 Å². The van der Waals surface area contributed by atoms with E-state index in [1.165, 1.54) is 60.7 Å². The third-order valence-corrected chi connectivity index (χ3v) is 12.8. The Morgan fingerprint density at radius 3 is 1.43 bits per heavy atom. The van der Waals surface area contributed by atoms with Crippen LogP contribution in [0, 0.1) is 0 Å². The van der Waals surface area contributed by atoms with Crippen molar-refractivity contribution in [3.05, 3.63) is 144 Å². The summed E-state index contributed by atoms with van der Waals surface area (Å²) in [4.78, 5) is 16.0. The fraction of sp³-hybridized carbons (Fsp3) is 0. The normalized spacial score (nSPS) is 12.8. The highest BCUT2D eigenvalue weighted by Gasteiger charge is 2.22. The summed E-state index contributed by atoms with van der Waals surface area (Å²) in [6.07, 6.45) is 7.17. The van der Waals surface area contributed by atoms with Gasteiger partial charge in [0, 0.05) is 44.3 Å². The second-order valence-electron chi connectivity index (χ2n) is 14.1. The monoisotopic (exact) mass is 870 g/mol. The van der Waals surface area contributed by atoms with Gasteiger partial charge in [0.1, 0.15) is 10.6 Å². The van der Waals surface area contributed by atoms with E-state index >= 15 is 0 Å². The van der Waals surface area contributed by atoms with Crippen LogP contribution in [-0.4, -0.2) is 64.0 Å². The lowest BCUT2D eigenvalue weighted by Gasteiger charge is -2.12. The quantitative estimate of drug-likeness (QED) is 0.0824. The van der Waals surface area contributed by atoms with Crippen LogP contribution in [0.5, 0.6) is 5.75 Å². The lowest BCUT2D eigenvalue weighted by Crippen LogP contribution is -2.01. The third kappa shape index (κ3) is 7.68. The Morgan fingerprint density at radius 1 is 0.426 bits per heavy atom. The number of rotatable bonds is 7. The van der Waals surface area contributed by atoms with Gasteiger partial charge in [0.25, 0.3) is 30.4 Å². The Balaban J connectivity index is 1.40. The highest BCUT2D eigenvalue weighted by Crippen LogP contribution is 2.39. The van der Waals surface area contributed by atoms with Crippen molar-refractivity contribution in [1.29, 1.82) is 0 Å². The molecule has 61 heavy (non-hydrogen) atoms. The Bertz CT molecular complexity index is 3470. The lowest BCUT2D eigenvalue weighted by molar-refractivity contribution is 0.475. The zero-order valence-electron chi connectivity index (χ0n) is 31.2. The number of fused-ring (bicyclic) bond motifs is 8. The van der Waals surface area contributed by atoms with Gasteiger partial charge in [-0.2, -0.15) is 25.3 Å². The summed E-state index contributed by atoms with van der Waals surface area (Å²) >= 11 is 0. The molecule has 0 unspecified atom stereocenters. The minimum atomic E-state index is -4.73. The van der Waals surface area contributed by atoms with Crippen LogP contribution in [-0.2, 0) is 30.4 Å². The molecule has 304 valence electrons. The van der Waals surface area contributed by atoms with Crippen LogP contribution in [0.15, 0.2) is 136 Å². The van der Waals surface area contributed by atoms with Gasteiger partial charge in [-0.05, 0) is 125 Å². The Labute approximate surface area is 348 Å². The van der Waals surface area contributed by atoms with Gasteiger partial charge >= 0.3 is 0 Å². The van der Waals surface area contributed by atoms with Gasteiger partial charge < -0.3 is 15.1 Å². The van der Waals surface area contributed by atoms with Gasteiger partial charge in [-0.15, -0.1) is 0 Å². The van der Waals surface area contributed by atoms with E-state index in [1.807, 2.05) is 30.4 Å². The molecule has 14 nitrogen and oxygen atoms in total. The van der Waals surface area contributed by atoms with E-state index in [4.69, 9.17) is 9.97 Å². The first-order valence-corrected chi connectivity index (χ1v) is 22.5. The minimum Gasteiger partial charge on any atom is -0.508 e. The van der Waals surface area contributed by atoms with Crippen LogP contribution in [0.4, 0.5) is 0 Å². The van der Waals surface area contributed by atoms with E-state index in [-0.39, 0.29) is 26.0 Å². The number of phenolic OH excluding ortho intramolecular Hbond substituents is 1. The molecule has 9 rings (SSSR count). The standard InChI is InChI=1S/C44H30N4O10S3/c49-31-10-1-25(2-11-31)34-23-28(7-22-41(34)61(56,57)58)44-39-20-18-37(47-39)42(26-3-12-32(13-4-26)59(50,51)52)35-16-8-29(45-35)24-30-9-17-36(46-30)43(38-19-21-40(44)48-38)27-5-14-33(15-6-27)60(53,54)55/h1-24,45,48-49H,(H,50,51,52)(H,53,54,55)(H,56,57,58). The molecule has 3 aromatic heterocycles. The molecule has 0 saturated heterocycles. The molecule has 0 aliphatic carbocycles. The topological polar surface area (TPSA) is 241 Å². The number of nitrogens with zero attached hydrogens (tertiary/aromatic N) is 2. The maximum atomic E-state index is 12.7. The summed E-state index contributed by atoms with van der Waals surface area (Å²) in [6, 6.07) is 30.7. The fourth-order valence-corrected chi connectivity index (χ4v) is 9.07. The number of H-pyrrole nitrogens is 2. The predicted molar refractivity (Wildman–Crippen MR) is 232 cm³/mol. The Morgan fingerprint density at radius 2 is 0.885 bits per heavy atom. The van der Waals surface area contributed by atoms with Crippen molar-refractivity contribution in [2.75, 3.05) is 0 Å². The molecule has 5 heterocycles. The number of aromatic hydroxyl groups is 1. The van der Waals surface area contributed by atoms with Gasteiger partial charge in [0.2, 0.25) is 0 Å². The van der Waals surface area contributed by atoms with Crippen molar-refractivity contribution in [1.82, 2.24) is 19.9 Å². The van der Waals surface area contributed by atoms with E-state index in [0.29, 0.717) is 83.8 Å². The van der Waals surface area contributed by atoms with E-state index in [2.05, 4.69) is 9.97 Å². The number of hydrogen-bond acceptors (Lipinski definition) is 9. The molecule has 8 bridgehead atoms. The predicted octanol–water partition coefficient (Wildman–Crippen LogP) is 8.77. The number of phenols is 1. The van der Waals surface area contributed by atoms with Crippen LogP contribution in [0.2, 0.25) is 0 Å². The molecule has 4 aromatic carbocycles. The van der Waals surface area contributed by atoms with Crippen LogP contribution in [0.1, 0.15) is 22.8 Å². The van der Waals surface area contributed by atoms with E-state index < -0.39 is 30.4 Å². The molecule has 6 N–H and O–H groups in total. The summed E-state index contributed by atoms with van der Waals surface area (Å²) in [6.45, 7) is 0. The zero-order chi connectivity index (χ0) is 42.8. The van der Waals surface area contributed by atoms with Crippen molar-refractivity contribution in [3.8, 4) is 50.3 Å². The van der Waals surface area contributed by atoms with Crippen molar-refractivity contribution >= 4 is 76.7 Å². The number of hydrogen-bond donors (Lipinski definition) is 6. The van der Waals surface area contributed by atoms with E-state index in [0.717, 1.165) is 0 Å². The highest BCUT2D eigenvalue weighted by molar-refractivity contribution is 7.86. The maximum absolute atomic E-state index is 12.7. The molecule has 0 radical (unpaired) electrons. The van der Waals surface area contributed by atoms with Crippen molar-refractivity contribution in [2.24, 2.45) is 0 Å². The Kier molecular flexibility index (Phi) is 9.46. The molecular weight excluding hydrogens is 841 g/mol. The fourth-order valence-electron chi connectivity index (χ4n) is 7.41. The van der Waals surface area contributed by atoms with E-state index in [9.17, 15) is 44.0 Å². The van der Waals surface area contributed by atoms with Gasteiger partial charge in [-0.3, -0.25) is 13.7 Å². The first-order valence-electron chi connectivity index (χ1n) is 18.2. The molecule has 2 aliphatic rings. The molecule has 0 saturated carbocycles. The average Bonchev–Trinajstić information content (AvgIpc) is 4.05. The maximum Gasteiger partial charge on any atom is 0.295 e. The van der Waals surface area contributed by atoms with Gasteiger partial charge in [0.15, 0.2) is 0 Å². The van der Waals surface area contributed by atoms with Crippen LogP contribution in [0.3, 0.4) is 0 Å². The average molecular weight is 871 g/mol. The van der Waals surface area contributed by atoms with Crippen LogP contribution < -0.4 is 0 Å². The summed E-state index contributed by atoms with van der Waals surface area (Å²) in [5.41, 5.74) is 8.10. The molecule has 0 spiro atoms. The molecule has 17 heteroatoms. The summed E-state index contributed by atoms with van der Waals surface area (Å²) in [5, 5.41) is 10.0.